The molecule has 1 rings (SSSR count). The molecule has 0 aliphatic heterocycles. The molecule has 0 unspecified atom stereocenters. The summed E-state index contributed by atoms with van der Waals surface area (Å²) >= 11 is 0. The highest BCUT2D eigenvalue weighted by molar-refractivity contribution is 5.61. The highest BCUT2D eigenvalue weighted by Crippen LogP contribution is 2.34. The number of aryl methyl sites for hydroxylation is 1. The van der Waals surface area contributed by atoms with Crippen LogP contribution in [0.2, 0.25) is 0 Å². The van der Waals surface area contributed by atoms with Gasteiger partial charge in [-0.3, -0.25) is 10.1 Å². The lowest BCUT2D eigenvalue weighted by molar-refractivity contribution is -0.384. The van der Waals surface area contributed by atoms with E-state index in [2.05, 4.69) is 10.4 Å². The molecule has 0 aromatic carbocycles. The van der Waals surface area contributed by atoms with E-state index in [0.717, 1.165) is 0 Å². The van der Waals surface area contributed by atoms with Gasteiger partial charge in [-0.25, -0.2) is 4.68 Å². The van der Waals surface area contributed by atoms with Crippen molar-refractivity contribution in [2.75, 3.05) is 11.9 Å². The van der Waals surface area contributed by atoms with Crippen LogP contribution in [0.4, 0.5) is 11.5 Å². The van der Waals surface area contributed by atoms with E-state index in [1.165, 1.54) is 4.68 Å². The number of hydrogen-bond acceptors (Lipinski definition) is 5. The lowest BCUT2D eigenvalue weighted by Crippen LogP contribution is -2.36. The van der Waals surface area contributed by atoms with E-state index in [0.29, 0.717) is 11.5 Å². The maximum Gasteiger partial charge on any atom is 0.334 e. The number of nitro groups is 1. The largest absolute Gasteiger partial charge is 0.394 e. The predicted octanol–water partition coefficient (Wildman–Crippen LogP) is 1.63. The Bertz CT molecular complexity index is 451. The monoisotopic (exact) mass is 256 g/mol. The van der Waals surface area contributed by atoms with Crippen molar-refractivity contribution in [1.82, 2.24) is 9.78 Å². The van der Waals surface area contributed by atoms with Crippen molar-refractivity contribution in [1.29, 1.82) is 0 Å². The van der Waals surface area contributed by atoms with E-state index in [4.69, 9.17) is 0 Å². The highest BCUT2D eigenvalue weighted by atomic mass is 16.6. The number of aliphatic hydroxyl groups excluding tert-OH is 1. The van der Waals surface area contributed by atoms with E-state index >= 15 is 0 Å². The number of anilines is 1. The van der Waals surface area contributed by atoms with Crippen molar-refractivity contribution < 1.29 is 10.0 Å². The Morgan fingerprint density at radius 3 is 2.50 bits per heavy atom. The zero-order valence-electron chi connectivity index (χ0n) is 11.4. The zero-order valence-corrected chi connectivity index (χ0v) is 11.4. The number of hydrogen-bond donors (Lipinski definition) is 2. The molecule has 1 heterocycles. The van der Waals surface area contributed by atoms with Crippen LogP contribution in [0.5, 0.6) is 0 Å². The molecule has 2 N–H and O–H groups in total. The Labute approximate surface area is 106 Å². The van der Waals surface area contributed by atoms with E-state index in [9.17, 15) is 15.2 Å². The van der Waals surface area contributed by atoms with Gasteiger partial charge in [-0.15, -0.1) is 0 Å². The molecule has 0 fully saturated rings. The maximum absolute atomic E-state index is 11.2. The van der Waals surface area contributed by atoms with Gasteiger partial charge in [-0.1, -0.05) is 13.8 Å². The normalized spacial score (nSPS) is 11.9. The molecule has 0 saturated carbocycles. The SMILES string of the molecule is CC(C)c1nn(C)c(NC(C)(C)CO)c1[N+](=O)[O-]. The summed E-state index contributed by atoms with van der Waals surface area (Å²) in [6.07, 6.45) is 0. The third-order valence-corrected chi connectivity index (χ3v) is 2.63. The first-order chi connectivity index (χ1) is 8.19. The first-order valence-electron chi connectivity index (χ1n) is 5.80. The first kappa shape index (κ1) is 14.4. The molecular formula is C11H20N4O3. The third-order valence-electron chi connectivity index (χ3n) is 2.63. The number of nitrogens with zero attached hydrogens (tertiary/aromatic N) is 3. The third kappa shape index (κ3) is 2.79. The van der Waals surface area contributed by atoms with Crippen LogP contribution in [0.25, 0.3) is 0 Å². The van der Waals surface area contributed by atoms with Crippen LogP contribution in [0, 0.1) is 10.1 Å². The Morgan fingerprint density at radius 1 is 1.56 bits per heavy atom. The van der Waals surface area contributed by atoms with Crippen LogP contribution < -0.4 is 5.32 Å². The van der Waals surface area contributed by atoms with E-state index in [-0.39, 0.29) is 18.2 Å². The summed E-state index contributed by atoms with van der Waals surface area (Å²) in [4.78, 5) is 10.8. The summed E-state index contributed by atoms with van der Waals surface area (Å²) in [5.74, 6) is 0.284. The minimum atomic E-state index is -0.646. The van der Waals surface area contributed by atoms with Crippen LogP contribution in [-0.4, -0.2) is 32.0 Å². The molecule has 102 valence electrons. The van der Waals surface area contributed by atoms with E-state index in [1.54, 1.807) is 20.9 Å². The van der Waals surface area contributed by atoms with Crippen LogP contribution in [-0.2, 0) is 7.05 Å². The van der Waals surface area contributed by atoms with Gasteiger partial charge in [0.05, 0.1) is 17.1 Å². The summed E-state index contributed by atoms with van der Waals surface area (Å²) in [6, 6.07) is 0. The molecule has 0 aliphatic rings. The molecule has 1 aromatic heterocycles. The standard InChI is InChI=1S/C11H20N4O3/c1-7(2)8-9(15(17)18)10(14(5)13-8)12-11(3,4)6-16/h7,12,16H,6H2,1-5H3. The van der Waals surface area contributed by atoms with Crippen molar-refractivity contribution in [3.05, 3.63) is 15.8 Å². The minimum absolute atomic E-state index is 0.0194. The molecule has 1 aromatic rings. The van der Waals surface area contributed by atoms with Gasteiger partial charge in [0.1, 0.15) is 5.69 Å². The van der Waals surface area contributed by atoms with Gasteiger partial charge >= 0.3 is 5.69 Å². The number of rotatable bonds is 5. The quantitative estimate of drug-likeness (QED) is 0.617. The second kappa shape index (κ2) is 4.93. The van der Waals surface area contributed by atoms with Gasteiger partial charge < -0.3 is 10.4 Å². The molecule has 18 heavy (non-hydrogen) atoms. The van der Waals surface area contributed by atoms with E-state index in [1.807, 2.05) is 13.8 Å². The minimum Gasteiger partial charge on any atom is -0.394 e. The number of nitrogens with one attached hydrogen (secondary N) is 1. The van der Waals surface area contributed by atoms with Gasteiger partial charge in [0.25, 0.3) is 0 Å². The topological polar surface area (TPSA) is 93.2 Å². The molecular weight excluding hydrogens is 236 g/mol. The lowest BCUT2D eigenvalue weighted by atomic mass is 10.1. The molecule has 7 nitrogen and oxygen atoms in total. The average molecular weight is 256 g/mol. The molecule has 0 bridgehead atoms. The summed E-state index contributed by atoms with van der Waals surface area (Å²) in [5.41, 5.74) is -0.222. The van der Waals surface area contributed by atoms with Crippen LogP contribution in [0.15, 0.2) is 0 Å². The molecule has 0 saturated heterocycles. The Balaban J connectivity index is 3.30. The number of aromatic nitrogens is 2. The van der Waals surface area contributed by atoms with Gasteiger partial charge in [0.2, 0.25) is 5.82 Å². The van der Waals surface area contributed by atoms with Gasteiger partial charge in [0.15, 0.2) is 0 Å². The number of aliphatic hydroxyl groups is 1. The van der Waals surface area contributed by atoms with Crippen molar-refractivity contribution in [2.45, 2.75) is 39.2 Å². The summed E-state index contributed by atoms with van der Waals surface area (Å²) in [5, 5.41) is 27.6. The molecule has 0 radical (unpaired) electrons. The summed E-state index contributed by atoms with van der Waals surface area (Å²) < 4.78 is 1.45. The summed E-state index contributed by atoms with van der Waals surface area (Å²) in [7, 11) is 1.65. The van der Waals surface area contributed by atoms with Crippen molar-refractivity contribution >= 4 is 11.5 Å². The van der Waals surface area contributed by atoms with Crippen molar-refractivity contribution in [2.24, 2.45) is 7.05 Å². The first-order valence-corrected chi connectivity index (χ1v) is 5.80. The van der Waals surface area contributed by atoms with Crippen LogP contribution in [0.3, 0.4) is 0 Å². The molecule has 0 atom stereocenters. The fraction of sp³-hybridized carbons (Fsp3) is 0.727. The molecule has 0 spiro atoms. The fourth-order valence-electron chi connectivity index (χ4n) is 1.60. The van der Waals surface area contributed by atoms with Gasteiger partial charge in [-0.05, 0) is 13.8 Å². The van der Waals surface area contributed by atoms with Crippen molar-refractivity contribution in [3.63, 3.8) is 0 Å². The van der Waals surface area contributed by atoms with Crippen LogP contribution >= 0.6 is 0 Å². The predicted molar refractivity (Wildman–Crippen MR) is 68.7 cm³/mol. The van der Waals surface area contributed by atoms with Gasteiger partial charge in [0, 0.05) is 13.0 Å². The smallest absolute Gasteiger partial charge is 0.334 e. The molecule has 7 heteroatoms. The second-order valence-electron chi connectivity index (χ2n) is 5.28. The summed E-state index contributed by atoms with van der Waals surface area (Å²) in [6.45, 7) is 7.11. The van der Waals surface area contributed by atoms with E-state index < -0.39 is 10.5 Å². The maximum atomic E-state index is 11.2. The Morgan fingerprint density at radius 2 is 2.11 bits per heavy atom. The fourth-order valence-corrected chi connectivity index (χ4v) is 1.60. The van der Waals surface area contributed by atoms with Crippen molar-refractivity contribution in [3.8, 4) is 0 Å². The molecule has 0 amide bonds. The Kier molecular flexibility index (Phi) is 3.95. The van der Waals surface area contributed by atoms with Crippen LogP contribution in [0.1, 0.15) is 39.3 Å². The zero-order chi connectivity index (χ0) is 14.1. The highest BCUT2D eigenvalue weighted by Gasteiger charge is 2.31. The van der Waals surface area contributed by atoms with Gasteiger partial charge in [-0.2, -0.15) is 5.10 Å². The Hall–Kier alpha value is -1.63. The average Bonchev–Trinajstić information content (AvgIpc) is 2.56. The molecule has 0 aliphatic carbocycles. The lowest BCUT2D eigenvalue weighted by Gasteiger charge is -2.24. The second-order valence-corrected chi connectivity index (χ2v) is 5.28.